The number of nitrogens with one attached hydrogen (secondary N) is 1. The highest BCUT2D eigenvalue weighted by molar-refractivity contribution is 6.28. The molecule has 1 N–H and O–H groups in total. The Labute approximate surface area is 47.9 Å². The Kier molecular flexibility index (Phi) is 4.04. The molecule has 0 aliphatic heterocycles. The van der Waals surface area contributed by atoms with E-state index in [0.717, 1.165) is 0 Å². The summed E-state index contributed by atoms with van der Waals surface area (Å²) >= 11 is 5.23. The van der Waals surface area contributed by atoms with Gasteiger partial charge in [0.25, 0.3) is 0 Å². The minimum Gasteiger partial charge on any atom is -0.379 e. The van der Waals surface area contributed by atoms with Crippen LogP contribution in [0.15, 0.2) is 0 Å². The Morgan fingerprint density at radius 3 is 2.57 bits per heavy atom. The molecule has 0 spiro atoms. The van der Waals surface area contributed by atoms with Gasteiger partial charge >= 0.3 is 0 Å². The number of halogens is 1. The monoisotopic (exact) mass is 121 g/mol. The van der Waals surface area contributed by atoms with Crippen molar-refractivity contribution in [3.63, 3.8) is 0 Å². The van der Waals surface area contributed by atoms with Crippen LogP contribution in [0.2, 0.25) is 0 Å². The summed E-state index contributed by atoms with van der Waals surface area (Å²) in [5, 5.41) is 6.88. The van der Waals surface area contributed by atoms with Crippen LogP contribution in [-0.4, -0.2) is 25.3 Å². The summed E-state index contributed by atoms with van der Waals surface area (Å²) in [5.41, 5.74) is 0.421. The van der Waals surface area contributed by atoms with Gasteiger partial charge in [-0.1, -0.05) is 0 Å². The molecule has 0 saturated carbocycles. The third-order valence-electron chi connectivity index (χ3n) is 0.480. The first kappa shape index (κ1) is 6.92. The first-order valence-corrected chi connectivity index (χ1v) is 2.46. The van der Waals surface area contributed by atoms with Gasteiger partial charge < -0.3 is 10.1 Å². The number of hydrogen-bond donors (Lipinski definition) is 1. The van der Waals surface area contributed by atoms with Gasteiger partial charge in [0.15, 0.2) is 0 Å². The maximum atomic E-state index is 6.88. The first-order chi connectivity index (χ1) is 3.31. The van der Waals surface area contributed by atoms with Crippen LogP contribution in [0.3, 0.4) is 0 Å². The zero-order chi connectivity index (χ0) is 5.70. The maximum absolute atomic E-state index is 6.88. The van der Waals surface area contributed by atoms with Gasteiger partial charge in [0.2, 0.25) is 0 Å². The maximum Gasteiger partial charge on any atom is 0.0849 e. The number of alkyl halides is 1. The van der Waals surface area contributed by atoms with Gasteiger partial charge in [0.05, 0.1) is 12.5 Å². The van der Waals surface area contributed by atoms with Crippen LogP contribution in [0.25, 0.3) is 0 Å². The largest absolute Gasteiger partial charge is 0.379 e. The van der Waals surface area contributed by atoms with E-state index in [4.69, 9.17) is 17.0 Å². The van der Waals surface area contributed by atoms with E-state index in [1.54, 1.807) is 7.11 Å². The van der Waals surface area contributed by atoms with Crippen LogP contribution in [0.5, 0.6) is 0 Å². The number of rotatable bonds is 3. The molecule has 0 atom stereocenters. The summed E-state index contributed by atoms with van der Waals surface area (Å²) in [6, 6.07) is 0. The lowest BCUT2D eigenvalue weighted by Crippen LogP contribution is -2.05. The molecule has 0 aliphatic rings. The fourth-order valence-electron chi connectivity index (χ4n) is 0.213. The standard InChI is InChI=1S/C4H8ClNO/c1-7-3-4(6)2-5/h6H,2-3H2,1H3. The molecule has 3 heteroatoms. The zero-order valence-electron chi connectivity index (χ0n) is 4.20. The molecule has 0 amide bonds. The van der Waals surface area contributed by atoms with E-state index >= 15 is 0 Å². The summed E-state index contributed by atoms with van der Waals surface area (Å²) in [4.78, 5) is 0. The minimum atomic E-state index is 0.272. The Morgan fingerprint density at radius 1 is 1.86 bits per heavy atom. The molecule has 0 saturated heterocycles. The molecule has 0 aromatic heterocycles. The molecule has 0 radical (unpaired) electrons. The van der Waals surface area contributed by atoms with Crippen molar-refractivity contribution in [1.29, 1.82) is 5.41 Å². The zero-order valence-corrected chi connectivity index (χ0v) is 4.96. The van der Waals surface area contributed by atoms with Gasteiger partial charge in [-0.15, -0.1) is 11.6 Å². The van der Waals surface area contributed by atoms with Crippen molar-refractivity contribution >= 4 is 17.3 Å². The lowest BCUT2D eigenvalue weighted by atomic mass is 10.5. The number of ether oxygens (including phenoxy) is 1. The van der Waals surface area contributed by atoms with Gasteiger partial charge in [0, 0.05) is 12.8 Å². The second-order valence-corrected chi connectivity index (χ2v) is 1.44. The quantitative estimate of drug-likeness (QED) is 0.437. The van der Waals surface area contributed by atoms with E-state index in [2.05, 4.69) is 4.74 Å². The average Bonchev–Trinajstić information content (AvgIpc) is 1.68. The van der Waals surface area contributed by atoms with Crippen molar-refractivity contribution in [1.82, 2.24) is 0 Å². The normalized spacial score (nSPS) is 8.86. The van der Waals surface area contributed by atoms with Crippen LogP contribution in [0.1, 0.15) is 0 Å². The van der Waals surface area contributed by atoms with E-state index < -0.39 is 0 Å². The summed E-state index contributed by atoms with van der Waals surface area (Å²) in [6.45, 7) is 0.351. The molecule has 0 aliphatic carbocycles. The molecule has 0 aromatic rings. The van der Waals surface area contributed by atoms with Crippen LogP contribution in [-0.2, 0) is 4.74 Å². The molecule has 0 fully saturated rings. The van der Waals surface area contributed by atoms with E-state index in [0.29, 0.717) is 12.3 Å². The van der Waals surface area contributed by atoms with E-state index in [1.807, 2.05) is 0 Å². The molecule has 0 unspecified atom stereocenters. The molecular weight excluding hydrogens is 114 g/mol. The molecular formula is C4H8ClNO. The molecule has 0 aromatic carbocycles. The number of hydrogen-bond acceptors (Lipinski definition) is 2. The Balaban J connectivity index is 3.00. The highest BCUT2D eigenvalue weighted by Gasteiger charge is 1.88. The predicted molar refractivity (Wildman–Crippen MR) is 30.3 cm³/mol. The Morgan fingerprint density at radius 2 is 2.43 bits per heavy atom. The van der Waals surface area contributed by atoms with Gasteiger partial charge in [-0.25, -0.2) is 0 Å². The second-order valence-electron chi connectivity index (χ2n) is 1.17. The van der Waals surface area contributed by atoms with Gasteiger partial charge in [0.1, 0.15) is 0 Å². The second kappa shape index (κ2) is 4.09. The molecule has 42 valence electrons. The Bertz CT molecular complexity index is 64.7. The van der Waals surface area contributed by atoms with Crippen molar-refractivity contribution in [3.05, 3.63) is 0 Å². The minimum absolute atomic E-state index is 0.272. The van der Waals surface area contributed by atoms with Crippen molar-refractivity contribution < 1.29 is 4.74 Å². The van der Waals surface area contributed by atoms with Crippen molar-refractivity contribution in [2.24, 2.45) is 0 Å². The molecule has 0 bridgehead atoms. The summed E-state index contributed by atoms with van der Waals surface area (Å²) in [6.07, 6.45) is 0. The van der Waals surface area contributed by atoms with Crippen molar-refractivity contribution in [2.45, 2.75) is 0 Å². The lowest BCUT2D eigenvalue weighted by molar-refractivity contribution is 0.244. The lowest BCUT2D eigenvalue weighted by Gasteiger charge is -1.92. The third kappa shape index (κ3) is 3.76. The smallest absolute Gasteiger partial charge is 0.0849 e. The predicted octanol–water partition coefficient (Wildman–Crippen LogP) is 0.891. The highest BCUT2D eigenvalue weighted by Crippen LogP contribution is 1.78. The first-order valence-electron chi connectivity index (χ1n) is 1.92. The van der Waals surface area contributed by atoms with Crippen LogP contribution >= 0.6 is 11.6 Å². The van der Waals surface area contributed by atoms with Crippen molar-refractivity contribution in [3.8, 4) is 0 Å². The molecule has 2 nitrogen and oxygen atoms in total. The number of methoxy groups -OCH3 is 1. The molecule has 7 heavy (non-hydrogen) atoms. The van der Waals surface area contributed by atoms with E-state index in [1.165, 1.54) is 0 Å². The highest BCUT2D eigenvalue weighted by atomic mass is 35.5. The average molecular weight is 122 g/mol. The molecule has 0 heterocycles. The van der Waals surface area contributed by atoms with Crippen LogP contribution in [0, 0.1) is 5.41 Å². The SMILES string of the molecule is COCC(=N)CCl. The van der Waals surface area contributed by atoms with Crippen molar-refractivity contribution in [2.75, 3.05) is 19.6 Å². The van der Waals surface area contributed by atoms with Crippen LogP contribution < -0.4 is 0 Å². The summed E-state index contributed by atoms with van der Waals surface area (Å²) < 4.78 is 4.59. The fraction of sp³-hybridized carbons (Fsp3) is 0.750. The van der Waals surface area contributed by atoms with Crippen LogP contribution in [0.4, 0.5) is 0 Å². The third-order valence-corrected chi connectivity index (χ3v) is 0.802. The topological polar surface area (TPSA) is 33.1 Å². The van der Waals surface area contributed by atoms with E-state index in [9.17, 15) is 0 Å². The van der Waals surface area contributed by atoms with Gasteiger partial charge in [-0.2, -0.15) is 0 Å². The summed E-state index contributed by atoms with van der Waals surface area (Å²) in [7, 11) is 1.54. The Hall–Kier alpha value is -0.0800. The molecule has 0 rings (SSSR count). The summed E-state index contributed by atoms with van der Waals surface area (Å²) in [5.74, 6) is 0.272. The van der Waals surface area contributed by atoms with Gasteiger partial charge in [-0.3, -0.25) is 0 Å². The van der Waals surface area contributed by atoms with E-state index in [-0.39, 0.29) is 5.88 Å². The fourth-order valence-corrected chi connectivity index (χ4v) is 0.290. The van der Waals surface area contributed by atoms with Gasteiger partial charge in [-0.05, 0) is 0 Å².